The van der Waals surface area contributed by atoms with E-state index in [1.165, 1.54) is 0 Å². The van der Waals surface area contributed by atoms with E-state index in [1.807, 2.05) is 60.4 Å². The number of fused-ring (bicyclic) bond motifs is 1. The van der Waals surface area contributed by atoms with E-state index in [9.17, 15) is 0 Å². The van der Waals surface area contributed by atoms with Crippen LogP contribution in [0.4, 0.5) is 4.39 Å². The summed E-state index contributed by atoms with van der Waals surface area (Å²) >= 11 is 0. The molecule has 6 rings (SSSR count). The summed E-state index contributed by atoms with van der Waals surface area (Å²) in [7, 11) is 1.66. The summed E-state index contributed by atoms with van der Waals surface area (Å²) in [6.45, 7) is 6.08. The molecule has 218 valence electrons. The van der Waals surface area contributed by atoms with Crippen LogP contribution in [0, 0.1) is 5.92 Å². The van der Waals surface area contributed by atoms with Crippen molar-refractivity contribution < 1.29 is 13.9 Å². The van der Waals surface area contributed by atoms with Gasteiger partial charge in [0, 0.05) is 5.92 Å². The van der Waals surface area contributed by atoms with Crippen molar-refractivity contribution in [1.82, 2.24) is 10.2 Å². The smallest absolute Gasteiger partial charge is 0.165 e. The SMILES string of the molecule is CCC1(CC)O[C@@H](N2C=NC3C(NC(c4ccccc4)(c4ccccc4)c4ccc(OC)cc4)=NC=NC32)[C@H](F)[C@@H]1C. The summed E-state index contributed by atoms with van der Waals surface area (Å²) in [5.41, 5.74) is 1.76. The number of nitrogens with zero attached hydrogens (tertiary/aromatic N) is 4. The zero-order valence-corrected chi connectivity index (χ0v) is 24.5. The first-order valence-corrected chi connectivity index (χ1v) is 14.7. The minimum atomic E-state index is -1.16. The fourth-order valence-electron chi connectivity index (χ4n) is 6.75. The Balaban J connectivity index is 1.40. The number of benzene rings is 3. The maximum atomic E-state index is 15.8. The zero-order valence-electron chi connectivity index (χ0n) is 24.5. The summed E-state index contributed by atoms with van der Waals surface area (Å²) in [6.07, 6.45) is 2.36. The molecule has 42 heavy (non-hydrogen) atoms. The number of methoxy groups -OCH3 is 1. The molecule has 3 aromatic rings. The highest BCUT2D eigenvalue weighted by atomic mass is 19.1. The molecule has 0 spiro atoms. The molecule has 5 atom stereocenters. The minimum Gasteiger partial charge on any atom is -0.497 e. The first-order chi connectivity index (χ1) is 20.5. The maximum Gasteiger partial charge on any atom is 0.165 e. The molecular weight excluding hydrogens is 529 g/mol. The quantitative estimate of drug-likeness (QED) is 0.342. The van der Waals surface area contributed by atoms with E-state index in [2.05, 4.69) is 60.6 Å². The van der Waals surface area contributed by atoms with Crippen molar-refractivity contribution in [3.63, 3.8) is 0 Å². The van der Waals surface area contributed by atoms with Crippen LogP contribution in [0.2, 0.25) is 0 Å². The Kier molecular flexibility index (Phi) is 7.58. The van der Waals surface area contributed by atoms with Crippen molar-refractivity contribution in [2.45, 2.75) is 69.4 Å². The van der Waals surface area contributed by atoms with Crippen LogP contribution in [0.1, 0.15) is 50.3 Å². The molecule has 3 heterocycles. The molecule has 1 N–H and O–H groups in total. The molecular formula is C34H38FN5O2. The Morgan fingerprint density at radius 3 is 2.05 bits per heavy atom. The molecule has 3 aliphatic heterocycles. The molecule has 0 bridgehead atoms. The predicted octanol–water partition coefficient (Wildman–Crippen LogP) is 5.95. The second-order valence-electron chi connectivity index (χ2n) is 11.2. The molecule has 0 aliphatic carbocycles. The molecule has 3 aromatic carbocycles. The van der Waals surface area contributed by atoms with E-state index >= 15 is 4.39 Å². The fourth-order valence-corrected chi connectivity index (χ4v) is 6.75. The Labute approximate surface area is 247 Å². The average molecular weight is 568 g/mol. The van der Waals surface area contributed by atoms with Crippen molar-refractivity contribution in [2.75, 3.05) is 7.11 Å². The largest absolute Gasteiger partial charge is 0.497 e. The van der Waals surface area contributed by atoms with Gasteiger partial charge in [0.1, 0.15) is 29.5 Å². The molecule has 1 fully saturated rings. The summed E-state index contributed by atoms with van der Waals surface area (Å²) in [5.74, 6) is 1.19. The molecule has 0 saturated carbocycles. The van der Waals surface area contributed by atoms with Crippen LogP contribution < -0.4 is 10.1 Å². The van der Waals surface area contributed by atoms with E-state index in [0.717, 1.165) is 35.3 Å². The van der Waals surface area contributed by atoms with Gasteiger partial charge in [-0.15, -0.1) is 0 Å². The fraction of sp³-hybridized carbons (Fsp3) is 0.382. The first kappa shape index (κ1) is 28.1. The van der Waals surface area contributed by atoms with Crippen LogP contribution in [-0.2, 0) is 10.3 Å². The lowest BCUT2D eigenvalue weighted by Crippen LogP contribution is -2.56. The number of hydrogen-bond acceptors (Lipinski definition) is 7. The minimum absolute atomic E-state index is 0.234. The van der Waals surface area contributed by atoms with E-state index in [-0.39, 0.29) is 5.92 Å². The molecule has 0 aromatic heterocycles. The number of hydrogen-bond donors (Lipinski definition) is 1. The van der Waals surface area contributed by atoms with Gasteiger partial charge >= 0.3 is 0 Å². The standard InChI is InChI=1S/C34H38FN5O2/c1-5-33(6-2)23(3)28(35)32(42-33)40-22-38-29-30(36-21-37-31(29)40)39-34(24-13-9-7-10-14-24,25-15-11-8-12-16-25)26-17-19-27(41-4)20-18-26/h7-23,28-29,31-32H,5-6H2,1-4H3,(H,36,37,39)/t23-,28+,29?,31?,32+/m0/s1. The summed E-state index contributed by atoms with van der Waals surface area (Å²) in [6, 6.07) is 28.2. The Morgan fingerprint density at radius 1 is 0.905 bits per heavy atom. The van der Waals surface area contributed by atoms with Gasteiger partial charge in [-0.3, -0.25) is 4.99 Å². The number of alkyl halides is 1. The number of aliphatic imine (C=N–C) groups is 3. The van der Waals surface area contributed by atoms with Gasteiger partial charge < -0.3 is 19.7 Å². The van der Waals surface area contributed by atoms with Crippen molar-refractivity contribution >= 4 is 18.5 Å². The third-order valence-electron chi connectivity index (χ3n) is 9.32. The van der Waals surface area contributed by atoms with Crippen molar-refractivity contribution in [3.05, 3.63) is 102 Å². The average Bonchev–Trinajstić information content (AvgIpc) is 3.60. The number of rotatable bonds is 8. The van der Waals surface area contributed by atoms with Crippen LogP contribution in [-0.4, -0.2) is 60.7 Å². The number of halogens is 1. The van der Waals surface area contributed by atoms with E-state index in [1.54, 1.807) is 19.8 Å². The summed E-state index contributed by atoms with van der Waals surface area (Å²) < 4.78 is 27.8. The Morgan fingerprint density at radius 2 is 1.50 bits per heavy atom. The van der Waals surface area contributed by atoms with Crippen molar-refractivity contribution in [1.29, 1.82) is 0 Å². The first-order valence-electron chi connectivity index (χ1n) is 14.7. The molecule has 3 aliphatic rings. The Hall–Kier alpha value is -4.04. The lowest BCUT2D eigenvalue weighted by Gasteiger charge is -2.40. The van der Waals surface area contributed by atoms with E-state index in [4.69, 9.17) is 19.5 Å². The number of nitrogens with one attached hydrogen (secondary N) is 1. The third kappa shape index (κ3) is 4.49. The monoisotopic (exact) mass is 567 g/mol. The van der Waals surface area contributed by atoms with Gasteiger partial charge in [-0.05, 0) is 41.7 Å². The van der Waals surface area contributed by atoms with E-state index < -0.39 is 35.7 Å². The number of amidine groups is 1. The van der Waals surface area contributed by atoms with Crippen LogP contribution >= 0.6 is 0 Å². The van der Waals surface area contributed by atoms with Gasteiger partial charge in [0.05, 0.1) is 19.0 Å². The normalized spacial score (nSPS) is 26.2. The molecule has 8 heteroatoms. The van der Waals surface area contributed by atoms with Crippen molar-refractivity contribution in [2.24, 2.45) is 20.9 Å². The van der Waals surface area contributed by atoms with Gasteiger partial charge in [-0.2, -0.15) is 0 Å². The van der Waals surface area contributed by atoms with E-state index in [0.29, 0.717) is 5.84 Å². The van der Waals surface area contributed by atoms with Crippen molar-refractivity contribution in [3.8, 4) is 5.75 Å². The molecule has 1 saturated heterocycles. The zero-order chi connectivity index (χ0) is 29.3. The van der Waals surface area contributed by atoms with Crippen LogP contribution in [0.15, 0.2) is 99.9 Å². The summed E-state index contributed by atoms with van der Waals surface area (Å²) in [4.78, 5) is 16.1. The predicted molar refractivity (Wildman–Crippen MR) is 165 cm³/mol. The molecule has 2 unspecified atom stereocenters. The molecule has 0 amide bonds. The van der Waals surface area contributed by atoms with Gasteiger partial charge in [0.15, 0.2) is 18.6 Å². The lowest BCUT2D eigenvalue weighted by atomic mass is 9.76. The van der Waals surface area contributed by atoms with Gasteiger partial charge in [-0.1, -0.05) is 93.6 Å². The maximum absolute atomic E-state index is 15.8. The molecule has 7 nitrogen and oxygen atoms in total. The van der Waals surface area contributed by atoms with Crippen LogP contribution in [0.5, 0.6) is 5.75 Å². The topological polar surface area (TPSA) is 70.8 Å². The van der Waals surface area contributed by atoms with Crippen LogP contribution in [0.3, 0.4) is 0 Å². The van der Waals surface area contributed by atoms with Gasteiger partial charge in [-0.25, -0.2) is 14.4 Å². The highest BCUT2D eigenvalue weighted by Gasteiger charge is 2.56. The van der Waals surface area contributed by atoms with Gasteiger partial charge in [0.25, 0.3) is 0 Å². The second-order valence-corrected chi connectivity index (χ2v) is 11.2. The second kappa shape index (κ2) is 11.3. The molecule has 0 radical (unpaired) electrons. The lowest BCUT2D eigenvalue weighted by molar-refractivity contribution is -0.109. The summed E-state index contributed by atoms with van der Waals surface area (Å²) in [5, 5.41) is 3.84. The van der Waals surface area contributed by atoms with Crippen LogP contribution in [0.25, 0.3) is 0 Å². The number of ether oxygens (including phenoxy) is 2. The van der Waals surface area contributed by atoms with Gasteiger partial charge in [0.2, 0.25) is 0 Å². The third-order valence-corrected chi connectivity index (χ3v) is 9.32. The highest BCUT2D eigenvalue weighted by molar-refractivity contribution is 5.98. The Bertz CT molecular complexity index is 1420. The highest BCUT2D eigenvalue weighted by Crippen LogP contribution is 2.45.